The fourth-order valence-electron chi connectivity index (χ4n) is 2.94. The van der Waals surface area contributed by atoms with E-state index in [1.54, 1.807) is 0 Å². The predicted molar refractivity (Wildman–Crippen MR) is 104 cm³/mol. The Morgan fingerprint density at radius 1 is 1.19 bits per heavy atom. The lowest BCUT2D eigenvalue weighted by atomic mass is 10.0. The molecule has 0 bridgehead atoms. The molecular formula is C19H30FN5O2. The highest BCUT2D eigenvalue weighted by molar-refractivity contribution is 5.79. The normalized spacial score (nSPS) is 16.6. The summed E-state index contributed by atoms with van der Waals surface area (Å²) in [5.41, 5.74) is 1.04. The number of guanidine groups is 1. The lowest BCUT2D eigenvalue weighted by Gasteiger charge is -2.34. The van der Waals surface area contributed by atoms with Crippen molar-refractivity contribution in [3.63, 3.8) is 0 Å². The van der Waals surface area contributed by atoms with Crippen LogP contribution < -0.4 is 16.0 Å². The summed E-state index contributed by atoms with van der Waals surface area (Å²) in [4.78, 5) is 18.0. The van der Waals surface area contributed by atoms with Gasteiger partial charge in [-0.25, -0.2) is 4.39 Å². The Hall–Kier alpha value is -2.19. The largest absolute Gasteiger partial charge is 0.379 e. The van der Waals surface area contributed by atoms with Gasteiger partial charge in [0.05, 0.1) is 25.8 Å². The first-order valence-corrected chi connectivity index (χ1v) is 9.44. The molecule has 1 unspecified atom stereocenters. The molecule has 1 aliphatic rings. The summed E-state index contributed by atoms with van der Waals surface area (Å²) in [7, 11) is 0. The highest BCUT2D eigenvalue weighted by atomic mass is 19.1. The minimum absolute atomic E-state index is 0.0533. The van der Waals surface area contributed by atoms with Crippen molar-refractivity contribution in [3.05, 3.63) is 35.6 Å². The topological polar surface area (TPSA) is 78.0 Å². The van der Waals surface area contributed by atoms with Gasteiger partial charge in [-0.15, -0.1) is 0 Å². The van der Waals surface area contributed by atoms with Gasteiger partial charge in [0.25, 0.3) is 0 Å². The van der Waals surface area contributed by atoms with Crippen LogP contribution in [0.5, 0.6) is 0 Å². The van der Waals surface area contributed by atoms with E-state index in [1.807, 2.05) is 19.1 Å². The monoisotopic (exact) mass is 379 g/mol. The molecule has 1 fully saturated rings. The van der Waals surface area contributed by atoms with Crippen molar-refractivity contribution < 1.29 is 13.9 Å². The van der Waals surface area contributed by atoms with Crippen molar-refractivity contribution in [1.29, 1.82) is 0 Å². The molecule has 7 nitrogen and oxygen atoms in total. The Morgan fingerprint density at radius 3 is 2.48 bits per heavy atom. The predicted octanol–water partition coefficient (Wildman–Crippen LogP) is 0.890. The van der Waals surface area contributed by atoms with Gasteiger partial charge in [0.2, 0.25) is 5.91 Å². The summed E-state index contributed by atoms with van der Waals surface area (Å²) in [6, 6.07) is 6.68. The molecule has 0 aromatic heterocycles. The zero-order chi connectivity index (χ0) is 19.5. The fourth-order valence-corrected chi connectivity index (χ4v) is 2.94. The summed E-state index contributed by atoms with van der Waals surface area (Å²) in [5.74, 6) is 0.404. The summed E-state index contributed by atoms with van der Waals surface area (Å²) in [5, 5.41) is 9.18. The Labute approximate surface area is 160 Å². The first-order chi connectivity index (χ1) is 13.1. The van der Waals surface area contributed by atoms with Crippen LogP contribution in [0.1, 0.15) is 25.5 Å². The van der Waals surface area contributed by atoms with Gasteiger partial charge in [-0.1, -0.05) is 12.1 Å². The second-order valence-corrected chi connectivity index (χ2v) is 6.35. The molecular weight excluding hydrogens is 349 g/mol. The third-order valence-electron chi connectivity index (χ3n) is 4.30. The first kappa shape index (κ1) is 21.1. The van der Waals surface area contributed by atoms with E-state index in [4.69, 9.17) is 9.73 Å². The molecule has 1 saturated heterocycles. The molecule has 1 aliphatic heterocycles. The molecule has 3 N–H and O–H groups in total. The van der Waals surface area contributed by atoms with E-state index in [0.29, 0.717) is 38.8 Å². The number of hydrogen-bond donors (Lipinski definition) is 3. The third-order valence-corrected chi connectivity index (χ3v) is 4.30. The average molecular weight is 379 g/mol. The summed E-state index contributed by atoms with van der Waals surface area (Å²) >= 11 is 0. The van der Waals surface area contributed by atoms with Gasteiger partial charge in [-0.3, -0.25) is 14.7 Å². The number of carbonyl (C=O) groups excluding carboxylic acids is 1. The zero-order valence-corrected chi connectivity index (χ0v) is 16.1. The number of halogens is 1. The molecule has 0 spiro atoms. The zero-order valence-electron chi connectivity index (χ0n) is 16.1. The van der Waals surface area contributed by atoms with Crippen LogP contribution in [0.4, 0.5) is 4.39 Å². The maximum atomic E-state index is 13.3. The maximum Gasteiger partial charge on any atom is 0.216 e. The number of benzene rings is 1. The van der Waals surface area contributed by atoms with Crippen LogP contribution in [0.2, 0.25) is 0 Å². The molecule has 1 heterocycles. The molecule has 27 heavy (non-hydrogen) atoms. The Balaban J connectivity index is 2.05. The standard InChI is InChI=1S/C19H30FN5O2/c1-3-21-19(23-9-8-22-15(2)26)24-14-18(25-10-12-27-13-11-25)16-4-6-17(20)7-5-16/h4-7,18H,3,8-14H2,1-2H3,(H,22,26)(H2,21,23,24). The van der Waals surface area contributed by atoms with Gasteiger partial charge >= 0.3 is 0 Å². The van der Waals surface area contributed by atoms with E-state index in [-0.39, 0.29) is 17.8 Å². The molecule has 1 aromatic rings. The van der Waals surface area contributed by atoms with Crippen LogP contribution >= 0.6 is 0 Å². The highest BCUT2D eigenvalue weighted by Gasteiger charge is 2.22. The van der Waals surface area contributed by atoms with Crippen LogP contribution in [0.25, 0.3) is 0 Å². The smallest absolute Gasteiger partial charge is 0.216 e. The fraction of sp³-hybridized carbons (Fsp3) is 0.579. The molecule has 150 valence electrons. The van der Waals surface area contributed by atoms with Crippen LogP contribution in [-0.2, 0) is 9.53 Å². The molecule has 2 rings (SSSR count). The number of nitrogens with zero attached hydrogens (tertiary/aromatic N) is 2. The molecule has 8 heteroatoms. The highest BCUT2D eigenvalue weighted by Crippen LogP contribution is 2.22. The minimum atomic E-state index is -0.240. The van der Waals surface area contributed by atoms with E-state index < -0.39 is 0 Å². The first-order valence-electron chi connectivity index (χ1n) is 9.44. The number of aliphatic imine (C=N–C) groups is 1. The van der Waals surface area contributed by atoms with Crippen molar-refractivity contribution in [2.45, 2.75) is 19.9 Å². The van der Waals surface area contributed by atoms with Gasteiger partial charge in [-0.05, 0) is 24.6 Å². The van der Waals surface area contributed by atoms with E-state index >= 15 is 0 Å². The minimum Gasteiger partial charge on any atom is -0.379 e. The number of amides is 1. The summed E-state index contributed by atoms with van der Waals surface area (Å²) in [6.45, 7) is 8.93. The summed E-state index contributed by atoms with van der Waals surface area (Å²) in [6.07, 6.45) is 0. The van der Waals surface area contributed by atoms with Gasteiger partial charge < -0.3 is 20.7 Å². The number of ether oxygens (including phenoxy) is 1. The molecule has 0 aliphatic carbocycles. The molecule has 1 amide bonds. The summed E-state index contributed by atoms with van der Waals surface area (Å²) < 4.78 is 18.8. The average Bonchev–Trinajstić information content (AvgIpc) is 2.67. The van der Waals surface area contributed by atoms with Gasteiger partial charge in [-0.2, -0.15) is 0 Å². The number of morpholine rings is 1. The number of hydrogen-bond acceptors (Lipinski definition) is 4. The Kier molecular flexibility index (Phi) is 9.00. The number of nitrogens with one attached hydrogen (secondary N) is 3. The van der Waals surface area contributed by atoms with Crippen molar-refractivity contribution in [3.8, 4) is 0 Å². The van der Waals surface area contributed by atoms with Crippen LogP contribution in [0.15, 0.2) is 29.3 Å². The van der Waals surface area contributed by atoms with Gasteiger partial charge in [0.15, 0.2) is 5.96 Å². The molecule has 0 saturated carbocycles. The Bertz CT molecular complexity index is 603. The quantitative estimate of drug-likeness (QED) is 0.355. The maximum absolute atomic E-state index is 13.3. The molecule has 1 atom stereocenters. The van der Waals surface area contributed by atoms with Crippen molar-refractivity contribution >= 4 is 11.9 Å². The van der Waals surface area contributed by atoms with Crippen LogP contribution in [0, 0.1) is 5.82 Å². The lowest BCUT2D eigenvalue weighted by Crippen LogP contribution is -2.43. The van der Waals surface area contributed by atoms with Crippen molar-refractivity contribution in [2.75, 3.05) is 52.5 Å². The SMILES string of the molecule is CCNC(=NCC(c1ccc(F)cc1)N1CCOCC1)NCCNC(C)=O. The van der Waals surface area contributed by atoms with Gasteiger partial charge in [0.1, 0.15) is 5.82 Å². The van der Waals surface area contributed by atoms with E-state index in [1.165, 1.54) is 19.1 Å². The second kappa shape index (κ2) is 11.5. The van der Waals surface area contributed by atoms with Crippen LogP contribution in [-0.4, -0.2) is 69.2 Å². The van der Waals surface area contributed by atoms with Crippen molar-refractivity contribution in [1.82, 2.24) is 20.9 Å². The Morgan fingerprint density at radius 2 is 1.85 bits per heavy atom. The molecule has 1 aromatic carbocycles. The van der Waals surface area contributed by atoms with E-state index in [2.05, 4.69) is 20.9 Å². The van der Waals surface area contributed by atoms with E-state index in [9.17, 15) is 9.18 Å². The van der Waals surface area contributed by atoms with E-state index in [0.717, 1.165) is 25.2 Å². The van der Waals surface area contributed by atoms with Gasteiger partial charge in [0, 0.05) is 39.6 Å². The second-order valence-electron chi connectivity index (χ2n) is 6.35. The third kappa shape index (κ3) is 7.52. The molecule has 0 radical (unpaired) electrons. The number of rotatable bonds is 8. The van der Waals surface area contributed by atoms with Crippen LogP contribution in [0.3, 0.4) is 0 Å². The van der Waals surface area contributed by atoms with Crippen molar-refractivity contribution in [2.24, 2.45) is 4.99 Å². The lowest BCUT2D eigenvalue weighted by molar-refractivity contribution is -0.118. The number of carbonyl (C=O) groups is 1.